The lowest BCUT2D eigenvalue weighted by Crippen LogP contribution is -1.98. The molecule has 0 bridgehead atoms. The summed E-state index contributed by atoms with van der Waals surface area (Å²) in [7, 11) is 0. The quantitative estimate of drug-likeness (QED) is 0.167. The summed E-state index contributed by atoms with van der Waals surface area (Å²) in [5.41, 5.74) is 10.6. The van der Waals surface area contributed by atoms with Gasteiger partial charge >= 0.3 is 0 Å². The SMILES string of the molecule is [C-]#[N+]c1ccccc1-c1cc(-c2ccc(-n3c4ccccc4c4cc(-n5c6ccccc6c6ccccc65)ccc43)c([N+]#[C-])c2)nc(-c2ccccc2[N+]#[C-])n1. The van der Waals surface area contributed by atoms with E-state index in [-0.39, 0.29) is 0 Å². The van der Waals surface area contributed by atoms with Crippen LogP contribution in [0, 0.1) is 19.7 Å². The highest BCUT2D eigenvalue weighted by atomic mass is 15.0. The maximum absolute atomic E-state index is 8.41. The molecular formula is C49H27N7. The third-order valence-corrected chi connectivity index (χ3v) is 10.4. The molecule has 0 aliphatic rings. The van der Waals surface area contributed by atoms with Gasteiger partial charge in [-0.3, -0.25) is 0 Å². The lowest BCUT2D eigenvalue weighted by Gasteiger charge is -2.14. The first-order chi connectivity index (χ1) is 27.6. The van der Waals surface area contributed by atoms with E-state index in [0.717, 1.165) is 49.8 Å². The molecule has 0 amide bonds. The zero-order valence-electron chi connectivity index (χ0n) is 29.7. The predicted molar refractivity (Wildman–Crippen MR) is 226 cm³/mol. The molecule has 3 heterocycles. The van der Waals surface area contributed by atoms with Gasteiger partial charge in [0.15, 0.2) is 11.4 Å². The smallest absolute Gasteiger partial charge is 0.211 e. The fourth-order valence-corrected chi connectivity index (χ4v) is 7.92. The summed E-state index contributed by atoms with van der Waals surface area (Å²) >= 11 is 0. The van der Waals surface area contributed by atoms with E-state index in [1.165, 1.54) is 10.8 Å². The topological polar surface area (TPSA) is 48.7 Å². The third-order valence-electron chi connectivity index (χ3n) is 10.4. The van der Waals surface area contributed by atoms with Crippen LogP contribution in [0.2, 0.25) is 0 Å². The second kappa shape index (κ2) is 13.0. The Kier molecular flexibility index (Phi) is 7.49. The number of hydrogen-bond acceptors (Lipinski definition) is 2. The van der Waals surface area contributed by atoms with Crippen molar-refractivity contribution in [1.29, 1.82) is 0 Å². The van der Waals surface area contributed by atoms with Crippen molar-refractivity contribution in [1.82, 2.24) is 19.1 Å². The Morgan fingerprint density at radius 1 is 0.393 bits per heavy atom. The molecule has 7 heteroatoms. The van der Waals surface area contributed by atoms with Crippen LogP contribution >= 0.6 is 0 Å². The van der Waals surface area contributed by atoms with Crippen molar-refractivity contribution >= 4 is 60.7 Å². The number of hydrogen-bond donors (Lipinski definition) is 0. The second-order valence-corrected chi connectivity index (χ2v) is 13.5. The van der Waals surface area contributed by atoms with E-state index in [1.54, 1.807) is 12.1 Å². The van der Waals surface area contributed by atoms with Gasteiger partial charge in [-0.25, -0.2) is 24.5 Å². The number of benzene rings is 7. The largest absolute Gasteiger partial charge is 0.319 e. The van der Waals surface area contributed by atoms with Crippen molar-refractivity contribution < 1.29 is 0 Å². The van der Waals surface area contributed by atoms with E-state index in [1.807, 2.05) is 66.7 Å². The number of para-hydroxylation sites is 5. The fraction of sp³-hybridized carbons (Fsp3) is 0. The summed E-state index contributed by atoms with van der Waals surface area (Å²) in [6, 6.07) is 54.2. The van der Waals surface area contributed by atoms with Gasteiger partial charge in [0.2, 0.25) is 5.69 Å². The summed E-state index contributed by atoms with van der Waals surface area (Å²) in [6.07, 6.45) is 0. The maximum Gasteiger partial charge on any atom is 0.211 e. The van der Waals surface area contributed by atoms with Crippen LogP contribution in [0.15, 0.2) is 164 Å². The van der Waals surface area contributed by atoms with Gasteiger partial charge < -0.3 is 9.13 Å². The van der Waals surface area contributed by atoms with Gasteiger partial charge in [-0.05, 0) is 60.2 Å². The number of nitrogens with zero attached hydrogens (tertiary/aromatic N) is 7. The van der Waals surface area contributed by atoms with Crippen LogP contribution in [0.3, 0.4) is 0 Å². The normalized spacial score (nSPS) is 11.2. The standard InChI is InChI=1S/C49H27N7/c1-50-39-19-9-4-17-36(39)42-30-41(53-49(54-42)37-18-5-10-20-40(37)51-2)31-24-26-48(43(28-31)52-3)56-46-23-13-8-16-35(46)38-29-32(25-27-47(38)56)55-44-21-11-6-14-33(44)34-15-7-12-22-45(34)55/h4-30H. The van der Waals surface area contributed by atoms with Crippen LogP contribution in [-0.4, -0.2) is 19.1 Å². The molecule has 0 N–H and O–H groups in total. The predicted octanol–water partition coefficient (Wildman–Crippen LogP) is 13.3. The average molecular weight is 714 g/mol. The van der Waals surface area contributed by atoms with Crippen LogP contribution < -0.4 is 0 Å². The first kappa shape index (κ1) is 32.3. The minimum atomic E-state index is 0.374. The molecule has 0 aliphatic heterocycles. The van der Waals surface area contributed by atoms with Gasteiger partial charge in [-0.15, -0.1) is 0 Å². The molecule has 56 heavy (non-hydrogen) atoms. The summed E-state index contributed by atoms with van der Waals surface area (Å²) in [4.78, 5) is 21.4. The van der Waals surface area contributed by atoms with Crippen molar-refractivity contribution in [2.24, 2.45) is 0 Å². The molecule has 7 aromatic carbocycles. The van der Waals surface area contributed by atoms with Crippen LogP contribution in [0.4, 0.5) is 17.1 Å². The Labute approximate surface area is 322 Å². The van der Waals surface area contributed by atoms with E-state index in [4.69, 9.17) is 29.7 Å². The lowest BCUT2D eigenvalue weighted by molar-refractivity contribution is 1.16. The second-order valence-electron chi connectivity index (χ2n) is 13.5. The molecule has 0 unspecified atom stereocenters. The molecule has 0 saturated heterocycles. The zero-order chi connectivity index (χ0) is 37.8. The highest BCUT2D eigenvalue weighted by Crippen LogP contribution is 2.41. The fourth-order valence-electron chi connectivity index (χ4n) is 7.92. The van der Waals surface area contributed by atoms with Gasteiger partial charge in [0.25, 0.3) is 0 Å². The number of aromatic nitrogens is 4. The van der Waals surface area contributed by atoms with Gasteiger partial charge in [0.1, 0.15) is 5.82 Å². The summed E-state index contributed by atoms with van der Waals surface area (Å²) in [6.45, 7) is 24.0. The molecule has 0 radical (unpaired) electrons. The van der Waals surface area contributed by atoms with Crippen molar-refractivity contribution in [2.45, 2.75) is 0 Å². The molecule has 7 nitrogen and oxygen atoms in total. The van der Waals surface area contributed by atoms with Crippen LogP contribution in [-0.2, 0) is 0 Å². The van der Waals surface area contributed by atoms with Gasteiger partial charge in [-0.2, -0.15) is 0 Å². The van der Waals surface area contributed by atoms with E-state index >= 15 is 0 Å². The Hall–Kier alpha value is -8.31. The Morgan fingerprint density at radius 2 is 0.911 bits per heavy atom. The summed E-state index contributed by atoms with van der Waals surface area (Å²) < 4.78 is 4.50. The molecule has 0 saturated carbocycles. The summed E-state index contributed by atoms with van der Waals surface area (Å²) in [5.74, 6) is 0.374. The monoisotopic (exact) mass is 713 g/mol. The molecule has 258 valence electrons. The Bertz CT molecular complexity index is 3240. The van der Waals surface area contributed by atoms with Crippen molar-refractivity contribution in [3.63, 3.8) is 0 Å². The highest BCUT2D eigenvalue weighted by molar-refractivity contribution is 6.12. The van der Waals surface area contributed by atoms with Crippen molar-refractivity contribution in [3.8, 4) is 45.3 Å². The van der Waals surface area contributed by atoms with Gasteiger partial charge in [-0.1, -0.05) is 109 Å². The molecule has 0 fully saturated rings. The van der Waals surface area contributed by atoms with Crippen LogP contribution in [0.25, 0.3) is 103 Å². The highest BCUT2D eigenvalue weighted by Gasteiger charge is 2.20. The molecule has 0 spiro atoms. The zero-order valence-corrected chi connectivity index (χ0v) is 29.7. The van der Waals surface area contributed by atoms with E-state index < -0.39 is 0 Å². The number of rotatable bonds is 5. The van der Waals surface area contributed by atoms with E-state index in [0.29, 0.717) is 45.4 Å². The minimum absolute atomic E-state index is 0.374. The Balaban J connectivity index is 1.16. The lowest BCUT2D eigenvalue weighted by atomic mass is 10.0. The minimum Gasteiger partial charge on any atom is -0.319 e. The summed E-state index contributed by atoms with van der Waals surface area (Å²) in [5, 5.41) is 4.59. The van der Waals surface area contributed by atoms with Gasteiger partial charge in [0, 0.05) is 38.4 Å². The molecule has 3 aromatic heterocycles. The maximum atomic E-state index is 8.41. The molecule has 10 aromatic rings. The van der Waals surface area contributed by atoms with E-state index in [2.05, 4.69) is 109 Å². The number of fused-ring (bicyclic) bond motifs is 6. The Morgan fingerprint density at radius 3 is 1.57 bits per heavy atom. The molecule has 0 aliphatic carbocycles. The first-order valence-electron chi connectivity index (χ1n) is 18.0. The third kappa shape index (κ3) is 5.03. The molecular weight excluding hydrogens is 687 g/mol. The van der Waals surface area contributed by atoms with Crippen molar-refractivity contribution in [3.05, 3.63) is 198 Å². The van der Waals surface area contributed by atoms with Crippen molar-refractivity contribution in [2.75, 3.05) is 0 Å². The molecule has 10 rings (SSSR count). The van der Waals surface area contributed by atoms with Crippen LogP contribution in [0.1, 0.15) is 0 Å². The average Bonchev–Trinajstić information content (AvgIpc) is 3.78. The first-order valence-corrected chi connectivity index (χ1v) is 18.0. The van der Waals surface area contributed by atoms with Crippen LogP contribution in [0.5, 0.6) is 0 Å². The van der Waals surface area contributed by atoms with E-state index in [9.17, 15) is 0 Å². The van der Waals surface area contributed by atoms with Gasteiger partial charge in [0.05, 0.1) is 58.9 Å². The molecule has 0 atom stereocenters.